The third kappa shape index (κ3) is 12.5. The highest BCUT2D eigenvalue weighted by atomic mass is 13.7. The lowest BCUT2D eigenvalue weighted by Crippen LogP contribution is -2.86. The molecule has 45 radical (unpaired) electrons. The van der Waals surface area contributed by atoms with Crippen LogP contribution in [0, 0.1) is 0 Å². The van der Waals surface area contributed by atoms with Gasteiger partial charge in [0.2, 0.25) is 0 Å². The summed E-state index contributed by atoms with van der Waals surface area (Å²) in [4.78, 5) is 0. The summed E-state index contributed by atoms with van der Waals surface area (Å²) in [5.41, 5.74) is -1.11. The van der Waals surface area contributed by atoms with Crippen LogP contribution in [0.15, 0.2) is 0 Å². The van der Waals surface area contributed by atoms with Crippen LogP contribution in [0.2, 0.25) is 5.62 Å². The summed E-state index contributed by atoms with van der Waals surface area (Å²) < 4.78 is 0. The standard InChI is InChI=1S/CHB42/c2-24-38(23)25(39(28(3)4)29(5)6)1(26(40(30(7)8)31(9)10)41(32(11)12)33(13)14)27(42(34(15)16)35(17)18)43(36(19)20)37(21)22/h1H. The zero-order valence-corrected chi connectivity index (χ0v) is 24.8. The molecule has 0 fully saturated rings. The zero-order chi connectivity index (χ0) is 34.3. The van der Waals surface area contributed by atoms with Gasteiger partial charge in [0, 0.05) is 299 Å². The fraction of sp³-hybridized carbons (Fsp3) is 1.00. The molecule has 0 unspecified atom stereocenters. The van der Waals surface area contributed by atoms with Gasteiger partial charge in [0.1, 0.15) is 0 Å². The van der Waals surface area contributed by atoms with Crippen LogP contribution in [0.4, 0.5) is 0 Å². The molecule has 0 atom stereocenters. The quantitative estimate of drug-likeness (QED) is 0.156. The Hall–Kier alpha value is 2.73. The molecule has 42 heteroatoms. The van der Waals surface area contributed by atoms with E-state index >= 15 is 0 Å². The van der Waals surface area contributed by atoms with E-state index in [2.05, 4.69) is 0 Å². The molecule has 0 heterocycles. The average molecular weight is 467 g/mol. The van der Waals surface area contributed by atoms with Crippen molar-refractivity contribution in [3.05, 3.63) is 0 Å². The monoisotopic (exact) mass is 475 g/mol. The highest BCUT2D eigenvalue weighted by Crippen LogP contribution is 2.30. The molecule has 0 saturated heterocycles. The topological polar surface area (TPSA) is 0 Å². The maximum absolute atomic E-state index is 6.68. The second-order valence-corrected chi connectivity index (χ2v) is 11.7. The molecule has 0 N–H and O–H groups in total. The predicted octanol–water partition coefficient (Wildman–Crippen LogP) is -15.7. The van der Waals surface area contributed by atoms with Crippen LogP contribution in [0.25, 0.3) is 0 Å². The Kier molecular flexibility index (Phi) is 22.4. The minimum Gasteiger partial charge on any atom is -0.146 e. The lowest BCUT2D eigenvalue weighted by Gasteiger charge is -2.56. The molecule has 0 aliphatic carbocycles. The number of hydrogen-bond donors (Lipinski definition) is 0. The summed E-state index contributed by atoms with van der Waals surface area (Å²) in [7, 11) is 140. The maximum Gasteiger partial charge on any atom is 0.0294 e. The van der Waals surface area contributed by atoms with Gasteiger partial charge in [-0.1, -0.05) is 0 Å². The first-order valence-electron chi connectivity index (χ1n) is 14.0. The molecule has 0 aliphatic rings. The highest BCUT2D eigenvalue weighted by Gasteiger charge is 2.57. The summed E-state index contributed by atoms with van der Waals surface area (Å²) in [6.45, 7) is -3.25. The van der Waals surface area contributed by atoms with Crippen LogP contribution in [-0.4, -0.2) is 299 Å². The zero-order valence-electron chi connectivity index (χ0n) is 24.8. The summed E-state index contributed by atoms with van der Waals surface area (Å²) in [5, 5.41) is 0. The molecular formula is CHB42. The SMILES string of the molecule is [B][B]B([B])B(B(B([B])[B])B([B])[B])C(B(B(B([B])[B])B([B])[B])B(B([B])[B])B([B])[B])B(B(B([B])[B])B([B])[B])B(B([B])[B])B([B])[B]. The summed E-state index contributed by atoms with van der Waals surface area (Å²) in [5.74, 6) is 0. The van der Waals surface area contributed by atoms with Crippen molar-refractivity contribution >= 4 is 299 Å². The molecule has 0 saturated carbocycles. The Balaban J connectivity index is 8.72. The van der Waals surface area contributed by atoms with E-state index in [0.717, 1.165) is 0 Å². The van der Waals surface area contributed by atoms with Crippen molar-refractivity contribution in [1.29, 1.82) is 0 Å². The van der Waals surface area contributed by atoms with Gasteiger partial charge in [0.25, 0.3) is 0 Å². The molecular weight excluding hydrogens is 466 g/mol. The fourth-order valence-corrected chi connectivity index (χ4v) is 7.06. The van der Waals surface area contributed by atoms with Crippen LogP contribution in [0.5, 0.6) is 0 Å². The van der Waals surface area contributed by atoms with Gasteiger partial charge in [0.15, 0.2) is 0 Å². The second kappa shape index (κ2) is 21.1. The largest absolute Gasteiger partial charge is 0.146 e. The van der Waals surface area contributed by atoms with Gasteiger partial charge in [-0.15, -0.1) is 5.62 Å². The third-order valence-electron chi connectivity index (χ3n) is 8.67. The minimum atomic E-state index is -1.24. The molecule has 131 valence electrons. The summed E-state index contributed by atoms with van der Waals surface area (Å²) in [6, 6.07) is 0. The van der Waals surface area contributed by atoms with Crippen molar-refractivity contribution in [2.45, 2.75) is 5.62 Å². The van der Waals surface area contributed by atoms with Gasteiger partial charge in [-0.25, -0.2) is 0 Å². The van der Waals surface area contributed by atoms with Gasteiger partial charge in [-0.2, -0.15) is 0 Å². The predicted molar refractivity (Wildman–Crippen MR) is 245 cm³/mol. The molecule has 0 aromatic heterocycles. The van der Waals surface area contributed by atoms with E-state index in [0.29, 0.717) is 0 Å². The van der Waals surface area contributed by atoms with E-state index in [1.54, 1.807) is 0 Å². The maximum atomic E-state index is 6.68. The first kappa shape index (κ1) is 45.7. The van der Waals surface area contributed by atoms with Crippen LogP contribution >= 0.6 is 0 Å². The average Bonchev–Trinajstić information content (AvgIpc) is 2.80. The van der Waals surface area contributed by atoms with Crippen LogP contribution < -0.4 is 0 Å². The van der Waals surface area contributed by atoms with Gasteiger partial charge in [0.05, 0.1) is 0 Å². The normalized spacial score (nSPS) is 9.79. The highest BCUT2D eigenvalue weighted by molar-refractivity contribution is 8.15. The van der Waals surface area contributed by atoms with E-state index in [9.17, 15) is 0 Å². The Morgan fingerprint density at radius 3 is 0.581 bits per heavy atom. The van der Waals surface area contributed by atoms with Crippen molar-refractivity contribution in [2.75, 3.05) is 0 Å². The summed E-state index contributed by atoms with van der Waals surface area (Å²) in [6.07, 6.45) is -18.8. The van der Waals surface area contributed by atoms with Gasteiger partial charge < -0.3 is 0 Å². The molecule has 0 nitrogen and oxygen atoms in total. The number of rotatable bonds is 20. The lowest BCUT2D eigenvalue weighted by molar-refractivity contribution is 1.80. The Morgan fingerprint density at radius 2 is 0.442 bits per heavy atom. The van der Waals surface area contributed by atoms with Crippen LogP contribution in [0.1, 0.15) is 0 Å². The van der Waals surface area contributed by atoms with Gasteiger partial charge in [-0.05, 0) is 0 Å². The van der Waals surface area contributed by atoms with Gasteiger partial charge in [-0.3, -0.25) is 0 Å². The Bertz CT molecular complexity index is 586. The molecule has 0 aromatic rings. The molecule has 0 aromatic carbocycles. The van der Waals surface area contributed by atoms with E-state index < -0.39 is 127 Å². The van der Waals surface area contributed by atoms with Crippen molar-refractivity contribution in [2.24, 2.45) is 0 Å². The minimum absolute atomic E-state index is 1.04. The Labute approximate surface area is 302 Å². The van der Waals surface area contributed by atoms with Crippen molar-refractivity contribution in [3.8, 4) is 0 Å². The lowest BCUT2D eigenvalue weighted by atomic mass is 8.38. The smallest absolute Gasteiger partial charge is 0.0294 e. The molecule has 0 bridgehead atoms. The van der Waals surface area contributed by atoms with Crippen LogP contribution in [0.3, 0.4) is 0 Å². The van der Waals surface area contributed by atoms with E-state index in [1.165, 1.54) is 7.06 Å². The first-order chi connectivity index (χ1) is 19.6. The third-order valence-corrected chi connectivity index (χ3v) is 8.67. The Morgan fingerprint density at radius 1 is 0.279 bits per heavy atom. The first-order valence-corrected chi connectivity index (χ1v) is 14.0. The molecule has 0 aliphatic heterocycles. The van der Waals surface area contributed by atoms with E-state index in [4.69, 9.17) is 170 Å². The second-order valence-electron chi connectivity index (χ2n) is 11.7. The molecule has 43 heavy (non-hydrogen) atoms. The van der Waals surface area contributed by atoms with Crippen molar-refractivity contribution in [1.82, 2.24) is 0 Å². The van der Waals surface area contributed by atoms with Crippen LogP contribution in [-0.2, 0) is 0 Å². The number of hydrogen-bond acceptors (Lipinski definition) is 0. The van der Waals surface area contributed by atoms with Crippen molar-refractivity contribution < 1.29 is 0 Å². The van der Waals surface area contributed by atoms with Crippen molar-refractivity contribution in [3.63, 3.8) is 0 Å². The molecule has 0 rings (SSSR count). The van der Waals surface area contributed by atoms with Gasteiger partial charge >= 0.3 is 0 Å². The van der Waals surface area contributed by atoms with E-state index in [1.807, 2.05) is 0 Å². The van der Waals surface area contributed by atoms with E-state index in [-0.39, 0.29) is 0 Å². The molecule has 0 spiro atoms. The molecule has 0 amide bonds. The summed E-state index contributed by atoms with van der Waals surface area (Å²) >= 11 is 0. The fourth-order valence-electron chi connectivity index (χ4n) is 7.06.